The van der Waals surface area contributed by atoms with Crippen LogP contribution in [0.2, 0.25) is 0 Å². The molecule has 1 heterocycles. The van der Waals surface area contributed by atoms with Gasteiger partial charge in [-0.05, 0) is 48.4 Å². The highest BCUT2D eigenvalue weighted by molar-refractivity contribution is 5.63. The van der Waals surface area contributed by atoms with Gasteiger partial charge in [-0.15, -0.1) is 0 Å². The Morgan fingerprint density at radius 3 is 2.12 bits per heavy atom. The molecular weight excluding hydrogens is 331 g/mol. The number of benzene rings is 2. The molecule has 0 amide bonds. The summed E-state index contributed by atoms with van der Waals surface area (Å²) in [6.07, 6.45) is -3.97. The number of nitrogens with one attached hydrogen (secondary N) is 2. The van der Waals surface area contributed by atoms with Crippen molar-refractivity contribution in [1.29, 1.82) is 0 Å². The number of hydrogen-bond donors (Lipinski definition) is 3. The van der Waals surface area contributed by atoms with E-state index in [1.807, 2.05) is 48.5 Å². The molecule has 0 aromatic heterocycles. The van der Waals surface area contributed by atoms with Crippen LogP contribution in [0.25, 0.3) is 0 Å². The van der Waals surface area contributed by atoms with E-state index in [1.165, 1.54) is 0 Å². The van der Waals surface area contributed by atoms with E-state index in [2.05, 4.69) is 10.8 Å². The Balaban J connectivity index is 1.61. The summed E-state index contributed by atoms with van der Waals surface area (Å²) in [5, 5.41) is 11.9. The Bertz CT molecular complexity index is 686. The van der Waals surface area contributed by atoms with Gasteiger partial charge in [-0.25, -0.2) is 5.48 Å². The van der Waals surface area contributed by atoms with Crippen molar-refractivity contribution in [3.8, 4) is 0 Å². The number of hydroxylamine groups is 1. The van der Waals surface area contributed by atoms with Crippen molar-refractivity contribution < 1.29 is 18.4 Å². The molecule has 1 atom stereocenters. The first-order valence-corrected chi connectivity index (χ1v) is 8.10. The van der Waals surface area contributed by atoms with Crippen molar-refractivity contribution in [2.24, 2.45) is 5.92 Å². The third-order valence-corrected chi connectivity index (χ3v) is 4.41. The maximum Gasteiger partial charge on any atom is 0.393 e. The molecule has 0 spiro atoms. The summed E-state index contributed by atoms with van der Waals surface area (Å²) in [4.78, 5) is 1.78. The molecule has 0 radical (unpaired) electrons. The number of nitrogens with zero attached hydrogens (tertiary/aromatic N) is 1. The van der Waals surface area contributed by atoms with Gasteiger partial charge in [-0.2, -0.15) is 13.2 Å². The Morgan fingerprint density at radius 2 is 1.60 bits per heavy atom. The van der Waals surface area contributed by atoms with Crippen LogP contribution in [-0.4, -0.2) is 24.5 Å². The van der Waals surface area contributed by atoms with Gasteiger partial charge in [-0.3, -0.25) is 0 Å². The average Bonchev–Trinajstić information content (AvgIpc) is 3.08. The number of hydrogen-bond acceptors (Lipinski definition) is 4. The largest absolute Gasteiger partial charge is 0.393 e. The maximum atomic E-state index is 12.8. The van der Waals surface area contributed by atoms with Crippen LogP contribution in [0.3, 0.4) is 0 Å². The van der Waals surface area contributed by atoms with Gasteiger partial charge in [0.15, 0.2) is 0 Å². The molecule has 0 aliphatic carbocycles. The van der Waals surface area contributed by atoms with Gasteiger partial charge >= 0.3 is 6.18 Å². The first-order valence-electron chi connectivity index (χ1n) is 8.10. The van der Waals surface area contributed by atoms with E-state index in [0.29, 0.717) is 13.1 Å². The predicted molar refractivity (Wildman–Crippen MR) is 91.2 cm³/mol. The SMILES string of the molecule is ONCc1ccc(Nc2ccc(N3CCC(C(F)(F)F)C3)cc2)cc1. The molecule has 1 aliphatic rings. The van der Waals surface area contributed by atoms with Gasteiger partial charge in [0, 0.05) is 36.7 Å². The molecule has 2 aromatic carbocycles. The molecule has 3 N–H and O–H groups in total. The van der Waals surface area contributed by atoms with Gasteiger partial charge < -0.3 is 15.4 Å². The average molecular weight is 351 g/mol. The van der Waals surface area contributed by atoms with Gasteiger partial charge in [0.1, 0.15) is 0 Å². The fraction of sp³-hybridized carbons (Fsp3) is 0.333. The Hall–Kier alpha value is -2.25. The number of anilines is 3. The van der Waals surface area contributed by atoms with E-state index in [9.17, 15) is 13.2 Å². The zero-order chi connectivity index (χ0) is 17.9. The molecule has 0 saturated carbocycles. The second-order valence-electron chi connectivity index (χ2n) is 6.18. The van der Waals surface area contributed by atoms with Crippen LogP contribution in [0.5, 0.6) is 0 Å². The molecule has 134 valence electrons. The van der Waals surface area contributed by atoms with Crippen molar-refractivity contribution in [1.82, 2.24) is 5.48 Å². The summed E-state index contributed by atoms with van der Waals surface area (Å²) in [5.74, 6) is -1.24. The fourth-order valence-corrected chi connectivity index (χ4v) is 2.98. The molecule has 2 aromatic rings. The Labute approximate surface area is 144 Å². The molecule has 7 heteroatoms. The molecule has 1 unspecified atom stereocenters. The highest BCUT2D eigenvalue weighted by Crippen LogP contribution is 2.35. The normalized spacial score (nSPS) is 17.8. The van der Waals surface area contributed by atoms with Crippen LogP contribution in [0.4, 0.5) is 30.2 Å². The van der Waals surface area contributed by atoms with Crippen LogP contribution in [-0.2, 0) is 6.54 Å². The van der Waals surface area contributed by atoms with Crippen LogP contribution in [0, 0.1) is 5.92 Å². The highest BCUT2D eigenvalue weighted by atomic mass is 19.4. The number of halogens is 3. The lowest BCUT2D eigenvalue weighted by molar-refractivity contribution is -0.168. The van der Waals surface area contributed by atoms with E-state index in [1.54, 1.807) is 4.90 Å². The quantitative estimate of drug-likeness (QED) is 0.703. The van der Waals surface area contributed by atoms with Gasteiger partial charge in [-0.1, -0.05) is 12.1 Å². The Morgan fingerprint density at radius 1 is 1.00 bits per heavy atom. The lowest BCUT2D eigenvalue weighted by atomic mass is 10.1. The minimum absolute atomic E-state index is 0.0244. The van der Waals surface area contributed by atoms with Crippen LogP contribution >= 0.6 is 0 Å². The topological polar surface area (TPSA) is 47.5 Å². The van der Waals surface area contributed by atoms with Crippen molar-refractivity contribution >= 4 is 17.1 Å². The fourth-order valence-electron chi connectivity index (χ4n) is 2.98. The molecule has 1 fully saturated rings. The molecule has 25 heavy (non-hydrogen) atoms. The summed E-state index contributed by atoms with van der Waals surface area (Å²) in [7, 11) is 0. The van der Waals surface area contributed by atoms with Crippen molar-refractivity contribution in [2.45, 2.75) is 19.1 Å². The van der Waals surface area contributed by atoms with E-state index >= 15 is 0 Å². The molecule has 1 aliphatic heterocycles. The number of rotatable bonds is 5. The minimum atomic E-state index is -4.12. The summed E-state index contributed by atoms with van der Waals surface area (Å²) in [6.45, 7) is 0.831. The van der Waals surface area contributed by atoms with Crippen LogP contribution in [0.15, 0.2) is 48.5 Å². The molecule has 1 saturated heterocycles. The number of alkyl halides is 3. The lowest BCUT2D eigenvalue weighted by Crippen LogP contribution is -2.27. The monoisotopic (exact) mass is 351 g/mol. The summed E-state index contributed by atoms with van der Waals surface area (Å²) >= 11 is 0. The first-order chi connectivity index (χ1) is 12.0. The maximum absolute atomic E-state index is 12.8. The first kappa shape index (κ1) is 17.6. The van der Waals surface area contributed by atoms with Gasteiger partial charge in [0.25, 0.3) is 0 Å². The molecule has 0 bridgehead atoms. The van der Waals surface area contributed by atoms with Gasteiger partial charge in [0.2, 0.25) is 0 Å². The lowest BCUT2D eigenvalue weighted by Gasteiger charge is -2.20. The minimum Gasteiger partial charge on any atom is -0.371 e. The smallest absolute Gasteiger partial charge is 0.371 e. The zero-order valence-electron chi connectivity index (χ0n) is 13.6. The third-order valence-electron chi connectivity index (χ3n) is 4.41. The second kappa shape index (κ2) is 7.33. The van der Waals surface area contributed by atoms with Crippen LogP contribution in [0.1, 0.15) is 12.0 Å². The van der Waals surface area contributed by atoms with Crippen molar-refractivity contribution in [2.75, 3.05) is 23.3 Å². The highest BCUT2D eigenvalue weighted by Gasteiger charge is 2.43. The molecule has 4 nitrogen and oxygen atoms in total. The van der Waals surface area contributed by atoms with Crippen LogP contribution < -0.4 is 15.7 Å². The summed E-state index contributed by atoms with van der Waals surface area (Å²) in [6, 6.07) is 15.0. The van der Waals surface area contributed by atoms with E-state index in [0.717, 1.165) is 22.6 Å². The predicted octanol–water partition coefficient (Wildman–Crippen LogP) is 4.30. The summed E-state index contributed by atoms with van der Waals surface area (Å²) < 4.78 is 38.3. The van der Waals surface area contributed by atoms with Crippen molar-refractivity contribution in [3.05, 3.63) is 54.1 Å². The molecular formula is C18H20F3N3O. The van der Waals surface area contributed by atoms with Gasteiger partial charge in [0.05, 0.1) is 5.92 Å². The Kier molecular flexibility index (Phi) is 5.15. The van der Waals surface area contributed by atoms with E-state index in [-0.39, 0.29) is 13.0 Å². The van der Waals surface area contributed by atoms with E-state index < -0.39 is 12.1 Å². The standard InChI is InChI=1S/C18H20F3N3O/c19-18(20,21)14-9-10-24(12-14)17-7-5-16(6-8-17)23-15-3-1-13(2-4-15)11-22-25/h1-8,14,22-23,25H,9-12H2. The zero-order valence-corrected chi connectivity index (χ0v) is 13.6. The van der Waals surface area contributed by atoms with Crippen molar-refractivity contribution in [3.63, 3.8) is 0 Å². The third kappa shape index (κ3) is 4.43. The summed E-state index contributed by atoms with van der Waals surface area (Å²) in [5.41, 5.74) is 5.63. The molecule has 3 rings (SSSR count). The second-order valence-corrected chi connectivity index (χ2v) is 6.18. The van der Waals surface area contributed by atoms with E-state index in [4.69, 9.17) is 5.21 Å².